The molecule has 0 fully saturated rings. The second kappa shape index (κ2) is 9.48. The Kier molecular flexibility index (Phi) is 6.31. The van der Waals surface area contributed by atoms with E-state index in [9.17, 15) is 4.79 Å². The van der Waals surface area contributed by atoms with Crippen LogP contribution in [0.2, 0.25) is 0 Å². The molecule has 0 aliphatic heterocycles. The molecule has 1 heterocycles. The predicted octanol–water partition coefficient (Wildman–Crippen LogP) is 5.00. The first-order valence-electron chi connectivity index (χ1n) is 10.4. The lowest BCUT2D eigenvalue weighted by Gasteiger charge is -2.08. The molecule has 4 aromatic rings. The molecule has 0 radical (unpaired) electrons. The number of H-pyrrole nitrogens is 1. The maximum atomic E-state index is 13.6. The van der Waals surface area contributed by atoms with Gasteiger partial charge in [-0.2, -0.15) is 0 Å². The fraction of sp³-hybridized carbons (Fsp3) is 0.154. The van der Waals surface area contributed by atoms with Crippen LogP contribution in [0, 0.1) is 0 Å². The van der Waals surface area contributed by atoms with Crippen LogP contribution in [0.3, 0.4) is 0 Å². The Morgan fingerprint density at radius 3 is 2.15 bits per heavy atom. The highest BCUT2D eigenvalue weighted by Gasteiger charge is 2.20. The van der Waals surface area contributed by atoms with Crippen LogP contribution < -0.4 is 19.8 Å². The summed E-state index contributed by atoms with van der Waals surface area (Å²) in [5.41, 5.74) is 3.71. The van der Waals surface area contributed by atoms with E-state index in [1.54, 1.807) is 39.5 Å². The van der Waals surface area contributed by atoms with E-state index in [2.05, 4.69) is 5.10 Å². The van der Waals surface area contributed by atoms with E-state index >= 15 is 0 Å². The zero-order valence-electron chi connectivity index (χ0n) is 19.0. The second-order valence-electron chi connectivity index (χ2n) is 7.30. The van der Waals surface area contributed by atoms with Crippen LogP contribution in [0.5, 0.6) is 17.2 Å². The largest absolute Gasteiger partial charge is 0.497 e. The number of nitrogens with one attached hydrogen (secondary N) is 1. The fourth-order valence-corrected chi connectivity index (χ4v) is 3.61. The van der Waals surface area contributed by atoms with Gasteiger partial charge in [0.05, 0.1) is 44.0 Å². The molecule has 4 rings (SSSR count). The maximum absolute atomic E-state index is 13.6. The number of hydrogen-bond donors (Lipinski definition) is 1. The highest BCUT2D eigenvalue weighted by Crippen LogP contribution is 2.32. The number of nitrogens with zero attached hydrogens (tertiary/aromatic N) is 2. The first-order chi connectivity index (χ1) is 16.0. The number of ether oxygens (including phenoxy) is 3. The fourth-order valence-electron chi connectivity index (χ4n) is 3.61. The Bertz CT molecular complexity index is 1340. The molecule has 7 nitrogen and oxygen atoms in total. The Labute approximate surface area is 191 Å². The minimum Gasteiger partial charge on any atom is -0.497 e. The predicted molar refractivity (Wildman–Crippen MR) is 130 cm³/mol. The molecule has 33 heavy (non-hydrogen) atoms. The molecule has 1 aromatic heterocycles. The quantitative estimate of drug-likeness (QED) is 0.408. The Balaban J connectivity index is 1.88. The monoisotopic (exact) mass is 443 g/mol. The third-order valence-electron chi connectivity index (χ3n) is 5.32. The van der Waals surface area contributed by atoms with Gasteiger partial charge in [0.15, 0.2) is 0 Å². The minimum atomic E-state index is -0.201. The van der Waals surface area contributed by atoms with Crippen LogP contribution in [-0.4, -0.2) is 36.8 Å². The van der Waals surface area contributed by atoms with Crippen molar-refractivity contribution in [1.82, 2.24) is 9.78 Å². The first kappa shape index (κ1) is 22.0. The second-order valence-corrected chi connectivity index (χ2v) is 7.30. The standard InChI is InChI=1S/C26H25N3O4/c1-17(27-22-15-14-21(32-3)16-23(22)33-4)24-25(18-8-6-5-7-9-18)28-29(26(24)30)19-10-12-20(31-2)13-11-19/h5-16,28H,1-4H3. The summed E-state index contributed by atoms with van der Waals surface area (Å²) in [7, 11) is 4.77. The van der Waals surface area contributed by atoms with Gasteiger partial charge in [-0.25, -0.2) is 9.67 Å². The number of aromatic amines is 1. The summed E-state index contributed by atoms with van der Waals surface area (Å²) in [6.07, 6.45) is 0. The van der Waals surface area contributed by atoms with Gasteiger partial charge >= 0.3 is 0 Å². The summed E-state index contributed by atoms with van der Waals surface area (Å²) in [4.78, 5) is 18.3. The lowest BCUT2D eigenvalue weighted by atomic mass is 10.1. The van der Waals surface area contributed by atoms with Gasteiger partial charge in [0.2, 0.25) is 0 Å². The molecule has 168 valence electrons. The molecule has 0 spiro atoms. The average molecular weight is 444 g/mol. The molecule has 0 aliphatic carbocycles. The molecule has 1 N–H and O–H groups in total. The summed E-state index contributed by atoms with van der Waals surface area (Å²) in [5, 5.41) is 3.26. The van der Waals surface area contributed by atoms with Gasteiger partial charge < -0.3 is 14.2 Å². The van der Waals surface area contributed by atoms with Crippen molar-refractivity contribution >= 4 is 11.4 Å². The molecular formula is C26H25N3O4. The van der Waals surface area contributed by atoms with Crippen molar-refractivity contribution in [3.8, 4) is 34.2 Å². The van der Waals surface area contributed by atoms with E-state index in [4.69, 9.17) is 19.2 Å². The molecule has 0 amide bonds. The van der Waals surface area contributed by atoms with Gasteiger partial charge in [-0.05, 0) is 43.3 Å². The molecule has 0 atom stereocenters. The van der Waals surface area contributed by atoms with Crippen molar-refractivity contribution in [2.45, 2.75) is 6.92 Å². The Morgan fingerprint density at radius 2 is 1.52 bits per heavy atom. The smallest absolute Gasteiger partial charge is 0.280 e. The first-order valence-corrected chi connectivity index (χ1v) is 10.4. The van der Waals surface area contributed by atoms with Gasteiger partial charge in [-0.1, -0.05) is 30.3 Å². The number of methoxy groups -OCH3 is 3. The van der Waals surface area contributed by atoms with E-state index in [1.807, 2.05) is 61.5 Å². The molecule has 0 unspecified atom stereocenters. The highest BCUT2D eigenvalue weighted by molar-refractivity contribution is 6.05. The van der Waals surface area contributed by atoms with E-state index in [0.717, 1.165) is 5.56 Å². The summed E-state index contributed by atoms with van der Waals surface area (Å²) in [5.74, 6) is 1.93. The molecular weight excluding hydrogens is 418 g/mol. The van der Waals surface area contributed by atoms with E-state index in [1.165, 1.54) is 4.68 Å². The van der Waals surface area contributed by atoms with Gasteiger partial charge in [0.25, 0.3) is 5.56 Å². The number of rotatable bonds is 7. The van der Waals surface area contributed by atoms with Gasteiger partial charge in [0.1, 0.15) is 22.9 Å². The number of aliphatic imine (C=N–C) groups is 1. The molecule has 0 aliphatic rings. The van der Waals surface area contributed by atoms with Crippen molar-refractivity contribution in [1.29, 1.82) is 0 Å². The van der Waals surface area contributed by atoms with Crippen molar-refractivity contribution in [2.24, 2.45) is 4.99 Å². The van der Waals surface area contributed by atoms with Crippen LogP contribution >= 0.6 is 0 Å². The minimum absolute atomic E-state index is 0.201. The molecule has 0 saturated heterocycles. The van der Waals surface area contributed by atoms with Crippen LogP contribution in [-0.2, 0) is 0 Å². The van der Waals surface area contributed by atoms with Crippen LogP contribution in [0.15, 0.2) is 82.6 Å². The zero-order valence-corrected chi connectivity index (χ0v) is 19.0. The summed E-state index contributed by atoms with van der Waals surface area (Å²) in [6, 6.07) is 22.4. The highest BCUT2D eigenvalue weighted by atomic mass is 16.5. The lowest BCUT2D eigenvalue weighted by molar-refractivity contribution is 0.395. The maximum Gasteiger partial charge on any atom is 0.280 e. The van der Waals surface area contributed by atoms with Crippen LogP contribution in [0.1, 0.15) is 12.5 Å². The SMILES string of the molecule is COc1ccc(-n2[nH]c(-c3ccccc3)c(C(C)=Nc3ccc(OC)cc3OC)c2=O)cc1. The number of aromatic nitrogens is 2. The topological polar surface area (TPSA) is 77.8 Å². The van der Waals surface area contributed by atoms with Gasteiger partial charge in [0, 0.05) is 11.6 Å². The van der Waals surface area contributed by atoms with E-state index in [0.29, 0.717) is 45.6 Å². The summed E-state index contributed by atoms with van der Waals surface area (Å²) in [6.45, 7) is 1.82. The van der Waals surface area contributed by atoms with Crippen molar-refractivity contribution in [3.63, 3.8) is 0 Å². The van der Waals surface area contributed by atoms with Crippen molar-refractivity contribution in [2.75, 3.05) is 21.3 Å². The third kappa shape index (κ3) is 4.39. The zero-order chi connectivity index (χ0) is 23.4. The Morgan fingerprint density at radius 1 is 0.848 bits per heavy atom. The Hall–Kier alpha value is -4.26. The molecule has 0 saturated carbocycles. The molecule has 7 heteroatoms. The van der Waals surface area contributed by atoms with Crippen LogP contribution in [0.4, 0.5) is 5.69 Å². The molecule has 0 bridgehead atoms. The summed E-state index contributed by atoms with van der Waals surface area (Å²) >= 11 is 0. The molecule has 3 aromatic carbocycles. The third-order valence-corrected chi connectivity index (χ3v) is 5.32. The summed E-state index contributed by atoms with van der Waals surface area (Å²) < 4.78 is 17.5. The number of hydrogen-bond acceptors (Lipinski definition) is 5. The van der Waals surface area contributed by atoms with Gasteiger partial charge in [-0.3, -0.25) is 9.89 Å². The number of benzene rings is 3. The normalized spacial score (nSPS) is 11.3. The average Bonchev–Trinajstić information content (AvgIpc) is 3.22. The van der Waals surface area contributed by atoms with Crippen molar-refractivity contribution < 1.29 is 14.2 Å². The van der Waals surface area contributed by atoms with Gasteiger partial charge in [-0.15, -0.1) is 0 Å². The van der Waals surface area contributed by atoms with Crippen molar-refractivity contribution in [3.05, 3.63) is 88.7 Å². The van der Waals surface area contributed by atoms with E-state index < -0.39 is 0 Å². The van der Waals surface area contributed by atoms with Crippen LogP contribution in [0.25, 0.3) is 16.9 Å². The van der Waals surface area contributed by atoms with E-state index in [-0.39, 0.29) is 5.56 Å². The lowest BCUT2D eigenvalue weighted by Crippen LogP contribution is -2.19.